The molecule has 1 aliphatic carbocycles. The van der Waals surface area contributed by atoms with Gasteiger partial charge in [0.05, 0.1) is 0 Å². The molecule has 0 radical (unpaired) electrons. The summed E-state index contributed by atoms with van der Waals surface area (Å²) in [6.45, 7) is 2.87. The molecule has 1 unspecified atom stereocenters. The van der Waals surface area contributed by atoms with E-state index >= 15 is 0 Å². The zero-order chi connectivity index (χ0) is 14.4. The Labute approximate surface area is 124 Å². The quantitative estimate of drug-likeness (QED) is 0.818. The van der Waals surface area contributed by atoms with Crippen LogP contribution >= 0.6 is 11.8 Å². The highest BCUT2D eigenvalue weighted by Crippen LogP contribution is 2.31. The van der Waals surface area contributed by atoms with E-state index < -0.39 is 11.6 Å². The number of hydrogen-bond donors (Lipinski definition) is 1. The number of benzene rings is 1. The summed E-state index contributed by atoms with van der Waals surface area (Å²) in [5.74, 6) is -0.610. The molecule has 0 bridgehead atoms. The Hall–Kier alpha value is -0.610. The molecule has 1 atom stereocenters. The Morgan fingerprint density at radius 2 is 1.95 bits per heavy atom. The molecule has 2 rings (SSSR count). The van der Waals surface area contributed by atoms with Crippen molar-refractivity contribution >= 4 is 11.8 Å². The van der Waals surface area contributed by atoms with Gasteiger partial charge in [-0.15, -0.1) is 0 Å². The summed E-state index contributed by atoms with van der Waals surface area (Å²) in [6.07, 6.45) is 6.60. The molecule has 0 spiro atoms. The van der Waals surface area contributed by atoms with Crippen LogP contribution in [0.25, 0.3) is 0 Å². The molecule has 0 saturated heterocycles. The zero-order valence-corrected chi connectivity index (χ0v) is 12.8. The maximum absolute atomic E-state index is 13.4. The van der Waals surface area contributed by atoms with Crippen LogP contribution in [0.5, 0.6) is 0 Å². The van der Waals surface area contributed by atoms with Crippen LogP contribution in [0.1, 0.15) is 50.6 Å². The van der Waals surface area contributed by atoms with Gasteiger partial charge in [0.2, 0.25) is 0 Å². The molecule has 1 aromatic rings. The Morgan fingerprint density at radius 1 is 1.20 bits per heavy atom. The molecule has 1 aromatic carbocycles. The molecule has 0 amide bonds. The van der Waals surface area contributed by atoms with Crippen molar-refractivity contribution in [2.45, 2.75) is 50.3 Å². The SMILES string of the molecule is CCNC(CSC1CCCCC1)c1ccc(F)c(F)c1. The summed E-state index contributed by atoms with van der Waals surface area (Å²) in [4.78, 5) is 0. The molecule has 1 saturated carbocycles. The van der Waals surface area contributed by atoms with E-state index in [9.17, 15) is 8.78 Å². The van der Waals surface area contributed by atoms with Gasteiger partial charge in [-0.25, -0.2) is 8.78 Å². The molecule has 1 nitrogen and oxygen atoms in total. The van der Waals surface area contributed by atoms with Gasteiger partial charge in [0.15, 0.2) is 11.6 Å². The molecular formula is C16H23F2NS. The van der Waals surface area contributed by atoms with Gasteiger partial charge in [0.25, 0.3) is 0 Å². The number of thioether (sulfide) groups is 1. The van der Waals surface area contributed by atoms with Crippen LogP contribution in [0.3, 0.4) is 0 Å². The molecular weight excluding hydrogens is 276 g/mol. The van der Waals surface area contributed by atoms with Crippen molar-refractivity contribution in [1.82, 2.24) is 5.32 Å². The second-order valence-corrected chi connectivity index (χ2v) is 6.71. The van der Waals surface area contributed by atoms with Gasteiger partial charge in [-0.1, -0.05) is 32.3 Å². The average Bonchev–Trinajstić information content (AvgIpc) is 2.47. The smallest absolute Gasteiger partial charge is 0.159 e. The van der Waals surface area contributed by atoms with Crippen molar-refractivity contribution in [1.29, 1.82) is 0 Å². The predicted molar refractivity (Wildman–Crippen MR) is 82.1 cm³/mol. The third kappa shape index (κ3) is 4.45. The first-order chi connectivity index (χ1) is 9.70. The summed E-state index contributed by atoms with van der Waals surface area (Å²) in [6, 6.07) is 4.33. The Balaban J connectivity index is 1.96. The summed E-state index contributed by atoms with van der Waals surface area (Å²) >= 11 is 1.97. The summed E-state index contributed by atoms with van der Waals surface area (Å²) in [7, 11) is 0. The number of nitrogens with one attached hydrogen (secondary N) is 1. The lowest BCUT2D eigenvalue weighted by atomic mass is 10.0. The van der Waals surface area contributed by atoms with Crippen LogP contribution in [0.15, 0.2) is 18.2 Å². The molecule has 1 aliphatic rings. The van der Waals surface area contributed by atoms with Crippen molar-refractivity contribution in [3.8, 4) is 0 Å². The van der Waals surface area contributed by atoms with Crippen LogP contribution in [-0.4, -0.2) is 17.5 Å². The summed E-state index contributed by atoms with van der Waals surface area (Å²) < 4.78 is 26.4. The average molecular weight is 299 g/mol. The second-order valence-electron chi connectivity index (χ2n) is 5.38. The molecule has 1 N–H and O–H groups in total. The van der Waals surface area contributed by atoms with Crippen molar-refractivity contribution < 1.29 is 8.78 Å². The number of rotatable bonds is 6. The van der Waals surface area contributed by atoms with Crippen LogP contribution in [-0.2, 0) is 0 Å². The second kappa shape index (κ2) is 7.99. The Bertz CT molecular complexity index is 419. The van der Waals surface area contributed by atoms with E-state index in [1.165, 1.54) is 44.2 Å². The van der Waals surface area contributed by atoms with E-state index in [-0.39, 0.29) is 6.04 Å². The molecule has 0 aromatic heterocycles. The van der Waals surface area contributed by atoms with E-state index in [0.29, 0.717) is 0 Å². The van der Waals surface area contributed by atoms with Gasteiger partial charge in [-0.05, 0) is 37.1 Å². The molecule has 1 fully saturated rings. The summed E-state index contributed by atoms with van der Waals surface area (Å²) in [5.41, 5.74) is 0.842. The van der Waals surface area contributed by atoms with Gasteiger partial charge >= 0.3 is 0 Å². The minimum atomic E-state index is -0.774. The maximum atomic E-state index is 13.4. The summed E-state index contributed by atoms with van der Waals surface area (Å²) in [5, 5.41) is 4.11. The fraction of sp³-hybridized carbons (Fsp3) is 0.625. The maximum Gasteiger partial charge on any atom is 0.159 e. The van der Waals surface area contributed by atoms with Crippen molar-refractivity contribution in [2.75, 3.05) is 12.3 Å². The minimum Gasteiger partial charge on any atom is -0.310 e. The van der Waals surface area contributed by atoms with Crippen molar-refractivity contribution in [3.05, 3.63) is 35.4 Å². The Morgan fingerprint density at radius 3 is 2.60 bits per heavy atom. The topological polar surface area (TPSA) is 12.0 Å². The lowest BCUT2D eigenvalue weighted by Gasteiger charge is -2.24. The standard InChI is InChI=1S/C16H23F2NS/c1-2-19-16(11-20-13-6-4-3-5-7-13)12-8-9-14(17)15(18)10-12/h8-10,13,16,19H,2-7,11H2,1H3. The zero-order valence-electron chi connectivity index (χ0n) is 12.0. The van der Waals surface area contributed by atoms with Crippen molar-refractivity contribution in [2.24, 2.45) is 0 Å². The van der Waals surface area contributed by atoms with Crippen LogP contribution in [0.2, 0.25) is 0 Å². The first kappa shape index (κ1) is 15.8. The molecule has 0 heterocycles. The van der Waals surface area contributed by atoms with Crippen molar-refractivity contribution in [3.63, 3.8) is 0 Å². The molecule has 4 heteroatoms. The highest BCUT2D eigenvalue weighted by atomic mass is 32.2. The van der Waals surface area contributed by atoms with E-state index in [4.69, 9.17) is 0 Å². The predicted octanol–water partition coefficient (Wildman–Crippen LogP) is 4.68. The molecule has 20 heavy (non-hydrogen) atoms. The van der Waals surface area contributed by atoms with Gasteiger partial charge in [0, 0.05) is 17.0 Å². The van der Waals surface area contributed by atoms with Gasteiger partial charge in [0.1, 0.15) is 0 Å². The highest BCUT2D eigenvalue weighted by molar-refractivity contribution is 7.99. The monoisotopic (exact) mass is 299 g/mol. The molecule has 112 valence electrons. The van der Waals surface area contributed by atoms with E-state index in [1.807, 2.05) is 18.7 Å². The van der Waals surface area contributed by atoms with Gasteiger partial charge in [-0.3, -0.25) is 0 Å². The third-order valence-corrected chi connectivity index (χ3v) is 5.32. The third-order valence-electron chi connectivity index (χ3n) is 3.85. The largest absolute Gasteiger partial charge is 0.310 e. The van der Waals surface area contributed by atoms with Gasteiger partial charge in [-0.2, -0.15) is 11.8 Å². The van der Waals surface area contributed by atoms with Crippen LogP contribution < -0.4 is 5.32 Å². The Kier molecular flexibility index (Phi) is 6.30. The first-order valence-electron chi connectivity index (χ1n) is 7.50. The van der Waals surface area contributed by atoms with Gasteiger partial charge < -0.3 is 5.32 Å². The number of halogens is 2. The highest BCUT2D eigenvalue weighted by Gasteiger charge is 2.18. The minimum absolute atomic E-state index is 0.0991. The van der Waals surface area contributed by atoms with Crippen LogP contribution in [0.4, 0.5) is 8.78 Å². The fourth-order valence-electron chi connectivity index (χ4n) is 2.71. The van der Waals surface area contributed by atoms with Crippen LogP contribution in [0, 0.1) is 11.6 Å². The van der Waals surface area contributed by atoms with E-state index in [2.05, 4.69) is 5.32 Å². The van der Waals surface area contributed by atoms with E-state index in [0.717, 1.165) is 23.1 Å². The first-order valence-corrected chi connectivity index (χ1v) is 8.55. The van der Waals surface area contributed by atoms with E-state index in [1.54, 1.807) is 6.07 Å². The normalized spacial score (nSPS) is 18.1. The fourth-order valence-corrected chi connectivity index (χ4v) is 4.15. The lowest BCUT2D eigenvalue weighted by Crippen LogP contribution is -2.24. The number of hydrogen-bond acceptors (Lipinski definition) is 2. The molecule has 0 aliphatic heterocycles. The lowest BCUT2D eigenvalue weighted by molar-refractivity contribution is 0.501.